The molecule has 0 aromatic rings. The number of piperazine rings is 1. The van der Waals surface area contributed by atoms with Gasteiger partial charge in [0.05, 0.1) is 0 Å². The van der Waals surface area contributed by atoms with Crippen LogP contribution in [0.15, 0.2) is 0 Å². The molecule has 108 valence electrons. The molecule has 1 aliphatic rings. The number of hydrogen-bond acceptors (Lipinski definition) is 2. The van der Waals surface area contributed by atoms with E-state index in [2.05, 4.69) is 51.8 Å². The van der Waals surface area contributed by atoms with Crippen molar-refractivity contribution in [3.05, 3.63) is 0 Å². The lowest BCUT2D eigenvalue weighted by atomic mass is 9.88. The highest BCUT2D eigenvalue weighted by atomic mass is 15.3. The molecule has 18 heavy (non-hydrogen) atoms. The smallest absolute Gasteiger partial charge is 0.0278 e. The van der Waals surface area contributed by atoms with Crippen LogP contribution in [0, 0.1) is 5.92 Å². The Hall–Kier alpha value is -0.0800. The standard InChI is InChI=1S/C16H34N2/c1-7-9-10-14(5)18-12-16(6,8-2)17-11-15(18)13(3)4/h13-15,17H,7-12H2,1-6H3. The SMILES string of the molecule is CCCCC(C)N1CC(C)(CC)NCC1C(C)C. The molecule has 0 bridgehead atoms. The third-order valence-corrected chi connectivity index (χ3v) is 4.79. The molecule has 0 saturated carbocycles. The molecule has 2 nitrogen and oxygen atoms in total. The van der Waals surface area contributed by atoms with E-state index in [1.807, 2.05) is 0 Å². The van der Waals surface area contributed by atoms with E-state index in [9.17, 15) is 0 Å². The molecule has 1 rings (SSSR count). The third-order valence-electron chi connectivity index (χ3n) is 4.79. The summed E-state index contributed by atoms with van der Waals surface area (Å²) in [4.78, 5) is 2.78. The Morgan fingerprint density at radius 1 is 1.28 bits per heavy atom. The first-order valence-electron chi connectivity index (χ1n) is 7.94. The van der Waals surface area contributed by atoms with Crippen LogP contribution in [-0.2, 0) is 0 Å². The maximum atomic E-state index is 3.78. The molecule has 0 aliphatic carbocycles. The van der Waals surface area contributed by atoms with Gasteiger partial charge >= 0.3 is 0 Å². The van der Waals surface area contributed by atoms with Crippen LogP contribution < -0.4 is 5.32 Å². The molecule has 0 aromatic heterocycles. The number of nitrogens with zero attached hydrogens (tertiary/aromatic N) is 1. The first-order valence-corrected chi connectivity index (χ1v) is 7.94. The van der Waals surface area contributed by atoms with Gasteiger partial charge in [-0.1, -0.05) is 40.5 Å². The zero-order valence-electron chi connectivity index (χ0n) is 13.4. The summed E-state index contributed by atoms with van der Waals surface area (Å²) in [5.74, 6) is 0.739. The van der Waals surface area contributed by atoms with Crippen molar-refractivity contribution in [2.24, 2.45) is 5.92 Å². The topological polar surface area (TPSA) is 15.3 Å². The van der Waals surface area contributed by atoms with Gasteiger partial charge in [0.25, 0.3) is 0 Å². The fourth-order valence-corrected chi connectivity index (χ4v) is 3.05. The first-order chi connectivity index (χ1) is 8.43. The predicted octanol–water partition coefficient (Wildman–Crippen LogP) is 3.66. The second kappa shape index (κ2) is 6.91. The molecule has 0 amide bonds. The van der Waals surface area contributed by atoms with E-state index in [-0.39, 0.29) is 0 Å². The molecular formula is C16H34N2. The van der Waals surface area contributed by atoms with Crippen LogP contribution in [-0.4, -0.2) is 35.6 Å². The Morgan fingerprint density at radius 3 is 2.44 bits per heavy atom. The summed E-state index contributed by atoms with van der Waals surface area (Å²) in [6.45, 7) is 16.5. The Labute approximate surface area is 115 Å². The van der Waals surface area contributed by atoms with Gasteiger partial charge in [-0.25, -0.2) is 0 Å². The largest absolute Gasteiger partial charge is 0.309 e. The first kappa shape index (κ1) is 16.0. The molecule has 0 aromatic carbocycles. The number of unbranched alkanes of at least 4 members (excludes halogenated alkanes) is 1. The van der Waals surface area contributed by atoms with E-state index in [1.165, 1.54) is 32.2 Å². The van der Waals surface area contributed by atoms with Crippen LogP contribution in [0.5, 0.6) is 0 Å². The molecule has 3 atom stereocenters. The van der Waals surface area contributed by atoms with Gasteiger partial charge in [-0.05, 0) is 32.6 Å². The van der Waals surface area contributed by atoms with Gasteiger partial charge in [-0.2, -0.15) is 0 Å². The molecular weight excluding hydrogens is 220 g/mol. The Morgan fingerprint density at radius 2 is 1.94 bits per heavy atom. The van der Waals surface area contributed by atoms with E-state index in [4.69, 9.17) is 0 Å². The highest BCUT2D eigenvalue weighted by molar-refractivity contribution is 4.96. The van der Waals surface area contributed by atoms with E-state index >= 15 is 0 Å². The molecule has 1 saturated heterocycles. The lowest BCUT2D eigenvalue weighted by molar-refractivity contribution is 0.0268. The van der Waals surface area contributed by atoms with Gasteiger partial charge in [-0.3, -0.25) is 4.90 Å². The summed E-state index contributed by atoms with van der Waals surface area (Å²) in [6, 6.07) is 1.43. The van der Waals surface area contributed by atoms with Crippen molar-refractivity contribution in [2.45, 2.75) is 84.8 Å². The zero-order chi connectivity index (χ0) is 13.8. The summed E-state index contributed by atoms with van der Waals surface area (Å²) >= 11 is 0. The van der Waals surface area contributed by atoms with Crippen LogP contribution in [0.1, 0.15) is 67.2 Å². The van der Waals surface area contributed by atoms with Gasteiger partial charge in [0.1, 0.15) is 0 Å². The normalized spacial score (nSPS) is 31.8. The third kappa shape index (κ3) is 3.96. The number of hydrogen-bond donors (Lipinski definition) is 1. The van der Waals surface area contributed by atoms with Crippen molar-refractivity contribution < 1.29 is 0 Å². The van der Waals surface area contributed by atoms with Crippen molar-refractivity contribution in [1.82, 2.24) is 10.2 Å². The molecule has 0 spiro atoms. The van der Waals surface area contributed by atoms with Gasteiger partial charge in [0, 0.05) is 30.7 Å². The molecule has 0 radical (unpaired) electrons. The van der Waals surface area contributed by atoms with Gasteiger partial charge in [-0.15, -0.1) is 0 Å². The van der Waals surface area contributed by atoms with Gasteiger partial charge in [0.15, 0.2) is 0 Å². The van der Waals surface area contributed by atoms with Crippen LogP contribution >= 0.6 is 0 Å². The van der Waals surface area contributed by atoms with Crippen molar-refractivity contribution in [3.8, 4) is 0 Å². The fraction of sp³-hybridized carbons (Fsp3) is 1.00. The monoisotopic (exact) mass is 254 g/mol. The van der Waals surface area contributed by atoms with Gasteiger partial charge < -0.3 is 5.32 Å². The Bertz CT molecular complexity index is 239. The minimum Gasteiger partial charge on any atom is -0.309 e. The Balaban J connectivity index is 2.71. The lowest BCUT2D eigenvalue weighted by Gasteiger charge is -2.50. The summed E-state index contributed by atoms with van der Waals surface area (Å²) in [7, 11) is 0. The summed E-state index contributed by atoms with van der Waals surface area (Å²) in [6.07, 6.45) is 5.24. The van der Waals surface area contributed by atoms with Crippen LogP contribution in [0.3, 0.4) is 0 Å². The van der Waals surface area contributed by atoms with Crippen LogP contribution in [0.25, 0.3) is 0 Å². The average Bonchev–Trinajstić information content (AvgIpc) is 2.35. The molecule has 2 heteroatoms. The number of rotatable bonds is 6. The molecule has 1 fully saturated rings. The Kier molecular flexibility index (Phi) is 6.13. The van der Waals surface area contributed by atoms with E-state index in [1.54, 1.807) is 0 Å². The second-order valence-corrected chi connectivity index (χ2v) is 6.77. The predicted molar refractivity (Wildman–Crippen MR) is 81.0 cm³/mol. The maximum absolute atomic E-state index is 3.78. The molecule has 1 N–H and O–H groups in total. The van der Waals surface area contributed by atoms with Crippen molar-refractivity contribution in [1.29, 1.82) is 0 Å². The molecule has 3 unspecified atom stereocenters. The van der Waals surface area contributed by atoms with Crippen LogP contribution in [0.2, 0.25) is 0 Å². The maximum Gasteiger partial charge on any atom is 0.0278 e. The summed E-state index contributed by atoms with van der Waals surface area (Å²) < 4.78 is 0. The molecule has 1 aliphatic heterocycles. The minimum atomic E-state index is 0.311. The number of nitrogens with one attached hydrogen (secondary N) is 1. The fourth-order valence-electron chi connectivity index (χ4n) is 3.05. The quantitative estimate of drug-likeness (QED) is 0.778. The van der Waals surface area contributed by atoms with Crippen molar-refractivity contribution in [3.63, 3.8) is 0 Å². The summed E-state index contributed by atoms with van der Waals surface area (Å²) in [5.41, 5.74) is 0.311. The minimum absolute atomic E-state index is 0.311. The highest BCUT2D eigenvalue weighted by Crippen LogP contribution is 2.26. The zero-order valence-corrected chi connectivity index (χ0v) is 13.4. The van der Waals surface area contributed by atoms with Crippen molar-refractivity contribution in [2.75, 3.05) is 13.1 Å². The van der Waals surface area contributed by atoms with E-state index in [0.717, 1.165) is 18.5 Å². The summed E-state index contributed by atoms with van der Waals surface area (Å²) in [5, 5.41) is 3.78. The molecule has 1 heterocycles. The van der Waals surface area contributed by atoms with Crippen molar-refractivity contribution >= 4 is 0 Å². The highest BCUT2D eigenvalue weighted by Gasteiger charge is 2.37. The second-order valence-electron chi connectivity index (χ2n) is 6.77. The van der Waals surface area contributed by atoms with E-state index < -0.39 is 0 Å². The van der Waals surface area contributed by atoms with Gasteiger partial charge in [0.2, 0.25) is 0 Å². The van der Waals surface area contributed by atoms with Crippen LogP contribution in [0.4, 0.5) is 0 Å². The van der Waals surface area contributed by atoms with E-state index in [0.29, 0.717) is 11.6 Å². The average molecular weight is 254 g/mol. The lowest BCUT2D eigenvalue weighted by Crippen LogP contribution is -2.65.